The van der Waals surface area contributed by atoms with Crippen LogP contribution in [-0.2, 0) is 16.4 Å². The van der Waals surface area contributed by atoms with Crippen molar-refractivity contribution in [1.82, 2.24) is 4.72 Å². The van der Waals surface area contributed by atoms with Gasteiger partial charge < -0.3 is 5.32 Å². The molecule has 2 N–H and O–H groups in total. The van der Waals surface area contributed by atoms with E-state index in [1.165, 1.54) is 30.3 Å². The van der Waals surface area contributed by atoms with Gasteiger partial charge in [0, 0.05) is 17.8 Å². The lowest BCUT2D eigenvalue weighted by Crippen LogP contribution is -2.23. The molecule has 0 aliphatic rings. The van der Waals surface area contributed by atoms with Crippen molar-refractivity contribution in [3.63, 3.8) is 0 Å². The first-order valence-electron chi connectivity index (χ1n) is 9.13. The van der Waals surface area contributed by atoms with E-state index in [0.29, 0.717) is 12.0 Å². The molecule has 0 saturated heterocycles. The van der Waals surface area contributed by atoms with Crippen LogP contribution in [0, 0.1) is 0 Å². The second kappa shape index (κ2) is 9.32. The lowest BCUT2D eigenvalue weighted by molar-refractivity contribution is 0.102. The minimum absolute atomic E-state index is 0.0976. The number of carbonyl (C=O) groups is 1. The van der Waals surface area contributed by atoms with Crippen molar-refractivity contribution < 1.29 is 13.2 Å². The molecule has 0 bridgehead atoms. The molecule has 3 rings (SSSR count). The summed E-state index contributed by atoms with van der Waals surface area (Å²) in [6.07, 6.45) is 2.16. The molecule has 0 atom stereocenters. The fourth-order valence-electron chi connectivity index (χ4n) is 2.84. The highest BCUT2D eigenvalue weighted by Gasteiger charge is 2.14. The Morgan fingerprint density at radius 3 is 2.24 bits per heavy atom. The van der Waals surface area contributed by atoms with Crippen molar-refractivity contribution >= 4 is 21.6 Å². The van der Waals surface area contributed by atoms with Gasteiger partial charge in [-0.3, -0.25) is 4.79 Å². The van der Waals surface area contributed by atoms with E-state index >= 15 is 0 Å². The van der Waals surface area contributed by atoms with Gasteiger partial charge in [-0.1, -0.05) is 54.6 Å². The smallest absolute Gasteiger partial charge is 0.255 e. The van der Waals surface area contributed by atoms with Gasteiger partial charge >= 0.3 is 0 Å². The fourth-order valence-corrected chi connectivity index (χ4v) is 3.84. The Hall–Kier alpha value is -3.22. The van der Waals surface area contributed by atoms with E-state index < -0.39 is 10.0 Å². The summed E-state index contributed by atoms with van der Waals surface area (Å²) in [5, 5.41) is 2.92. The minimum atomic E-state index is -3.62. The first-order valence-corrected chi connectivity index (χ1v) is 10.6. The molecular weight excluding hydrogens is 384 g/mol. The number of hydrogen-bond donors (Lipinski definition) is 2. The van der Waals surface area contributed by atoms with Crippen LogP contribution < -0.4 is 10.0 Å². The number of anilines is 1. The molecule has 1 amide bonds. The maximum atomic E-state index is 12.7. The van der Waals surface area contributed by atoms with E-state index in [0.717, 1.165) is 16.8 Å². The van der Waals surface area contributed by atoms with E-state index in [1.54, 1.807) is 0 Å². The van der Waals surface area contributed by atoms with Crippen LogP contribution in [0.4, 0.5) is 5.69 Å². The van der Waals surface area contributed by atoms with Gasteiger partial charge in [0.15, 0.2) is 0 Å². The van der Waals surface area contributed by atoms with Crippen LogP contribution in [0.3, 0.4) is 0 Å². The average Bonchev–Trinajstić information content (AvgIpc) is 2.74. The quantitative estimate of drug-likeness (QED) is 0.556. The number of sulfonamides is 1. The molecule has 0 saturated carbocycles. The first-order chi connectivity index (χ1) is 14.0. The third-order valence-corrected chi connectivity index (χ3v) is 5.79. The Labute approximate surface area is 171 Å². The summed E-state index contributed by atoms with van der Waals surface area (Å²) in [4.78, 5) is 12.8. The molecular formula is C23H22N2O3S. The van der Waals surface area contributed by atoms with Gasteiger partial charge in [-0.15, -0.1) is 6.58 Å². The van der Waals surface area contributed by atoms with E-state index in [4.69, 9.17) is 0 Å². The zero-order chi connectivity index (χ0) is 20.7. The van der Waals surface area contributed by atoms with E-state index in [2.05, 4.69) is 16.6 Å². The zero-order valence-electron chi connectivity index (χ0n) is 15.8. The van der Waals surface area contributed by atoms with Crippen LogP contribution in [-0.4, -0.2) is 20.9 Å². The number of hydrogen-bond acceptors (Lipinski definition) is 3. The predicted octanol–water partition coefficient (Wildman–Crippen LogP) is 3.99. The van der Waals surface area contributed by atoms with Crippen LogP contribution in [0.2, 0.25) is 0 Å². The summed E-state index contributed by atoms with van der Waals surface area (Å²) in [5.74, 6) is -0.298. The van der Waals surface area contributed by atoms with E-state index in [9.17, 15) is 13.2 Å². The predicted molar refractivity (Wildman–Crippen MR) is 115 cm³/mol. The molecule has 3 aromatic rings. The van der Waals surface area contributed by atoms with Crippen LogP contribution >= 0.6 is 0 Å². The summed E-state index contributed by atoms with van der Waals surface area (Å²) in [6.45, 7) is 3.63. The fraction of sp³-hybridized carbons (Fsp3) is 0.0870. The number of nitrogens with one attached hydrogen (secondary N) is 2. The highest BCUT2D eigenvalue weighted by molar-refractivity contribution is 7.89. The van der Waals surface area contributed by atoms with Gasteiger partial charge in [0.2, 0.25) is 10.0 Å². The topological polar surface area (TPSA) is 75.3 Å². The van der Waals surface area contributed by atoms with Crippen molar-refractivity contribution in [3.8, 4) is 0 Å². The lowest BCUT2D eigenvalue weighted by atomic mass is 10.0. The second-order valence-corrected chi connectivity index (χ2v) is 8.21. The number of rotatable bonds is 8. The number of para-hydroxylation sites is 1. The van der Waals surface area contributed by atoms with Crippen molar-refractivity contribution in [3.05, 3.63) is 108 Å². The number of benzene rings is 3. The monoisotopic (exact) mass is 406 g/mol. The number of amides is 1. The zero-order valence-corrected chi connectivity index (χ0v) is 16.7. The second-order valence-electron chi connectivity index (χ2n) is 6.44. The Bertz CT molecular complexity index is 1090. The summed E-state index contributed by atoms with van der Waals surface area (Å²) in [7, 11) is -3.62. The standard InChI is InChI=1S/C23H22N2O3S/c1-2-16-24-29(27,28)21-14-12-19(13-15-21)23(26)25-22-11-7-6-10-20(22)17-18-8-4-3-5-9-18/h2-15,24H,1,16-17H2,(H,25,26). The van der Waals surface area contributed by atoms with Crippen LogP contribution in [0.15, 0.2) is 96.4 Å². The summed E-state index contributed by atoms with van der Waals surface area (Å²) >= 11 is 0. The van der Waals surface area contributed by atoms with Crippen molar-refractivity contribution in [2.45, 2.75) is 11.3 Å². The molecule has 148 valence electrons. The molecule has 0 unspecified atom stereocenters. The Kier molecular flexibility index (Phi) is 6.59. The average molecular weight is 407 g/mol. The summed E-state index contributed by atoms with van der Waals surface area (Å²) in [6, 6.07) is 23.5. The molecule has 0 heterocycles. The van der Waals surface area contributed by atoms with Crippen LogP contribution in [0.25, 0.3) is 0 Å². The molecule has 0 aliphatic carbocycles. The third-order valence-electron chi connectivity index (χ3n) is 4.35. The molecule has 0 radical (unpaired) electrons. The molecule has 6 heteroatoms. The third kappa shape index (κ3) is 5.40. The van der Waals surface area contributed by atoms with Gasteiger partial charge in [0.25, 0.3) is 5.91 Å². The van der Waals surface area contributed by atoms with Crippen molar-refractivity contribution in [1.29, 1.82) is 0 Å². The molecule has 0 fully saturated rings. The Balaban J connectivity index is 1.75. The van der Waals surface area contributed by atoms with Gasteiger partial charge in [0.1, 0.15) is 0 Å². The number of carbonyl (C=O) groups excluding carboxylic acids is 1. The van der Waals surface area contributed by atoms with Gasteiger partial charge in [-0.25, -0.2) is 13.1 Å². The van der Waals surface area contributed by atoms with E-state index in [1.807, 2.05) is 54.6 Å². The van der Waals surface area contributed by atoms with Gasteiger partial charge in [-0.2, -0.15) is 0 Å². The Morgan fingerprint density at radius 1 is 0.897 bits per heavy atom. The van der Waals surface area contributed by atoms with Gasteiger partial charge in [-0.05, 0) is 47.9 Å². The molecule has 0 aromatic heterocycles. The summed E-state index contributed by atoms with van der Waals surface area (Å²) < 4.78 is 26.6. The maximum absolute atomic E-state index is 12.7. The van der Waals surface area contributed by atoms with Crippen LogP contribution in [0.1, 0.15) is 21.5 Å². The normalized spacial score (nSPS) is 11.0. The minimum Gasteiger partial charge on any atom is -0.322 e. The van der Waals surface area contributed by atoms with Crippen LogP contribution in [0.5, 0.6) is 0 Å². The van der Waals surface area contributed by atoms with Crippen molar-refractivity contribution in [2.24, 2.45) is 0 Å². The molecule has 3 aromatic carbocycles. The summed E-state index contributed by atoms with van der Waals surface area (Å²) in [5.41, 5.74) is 3.25. The van der Waals surface area contributed by atoms with Gasteiger partial charge in [0.05, 0.1) is 4.90 Å². The SMILES string of the molecule is C=CCNS(=O)(=O)c1ccc(C(=O)Nc2ccccc2Cc2ccccc2)cc1. The Morgan fingerprint density at radius 2 is 1.55 bits per heavy atom. The van der Waals surface area contributed by atoms with E-state index in [-0.39, 0.29) is 17.3 Å². The molecule has 29 heavy (non-hydrogen) atoms. The highest BCUT2D eigenvalue weighted by atomic mass is 32.2. The first kappa shape index (κ1) is 20.5. The van der Waals surface area contributed by atoms with Crippen molar-refractivity contribution in [2.75, 3.05) is 11.9 Å². The largest absolute Gasteiger partial charge is 0.322 e. The lowest BCUT2D eigenvalue weighted by Gasteiger charge is -2.12. The highest BCUT2D eigenvalue weighted by Crippen LogP contribution is 2.20. The molecule has 0 spiro atoms. The maximum Gasteiger partial charge on any atom is 0.255 e. The molecule has 5 nitrogen and oxygen atoms in total. The molecule has 0 aliphatic heterocycles.